The maximum Gasteiger partial charge on any atom is 0.255 e. The molecule has 9 heteroatoms. The topological polar surface area (TPSA) is 92.6 Å². The van der Waals surface area contributed by atoms with Crippen molar-refractivity contribution < 1.29 is 9.53 Å². The second-order valence-electron chi connectivity index (χ2n) is 5.85. The average molecular weight is 363 g/mol. The van der Waals surface area contributed by atoms with E-state index in [1.165, 1.54) is 11.3 Å². The molecule has 0 aliphatic carbocycles. The number of nitrogens with one attached hydrogen (secondary N) is 1. The van der Waals surface area contributed by atoms with Crippen LogP contribution in [0.25, 0.3) is 0 Å². The van der Waals surface area contributed by atoms with Crippen LogP contribution in [0, 0.1) is 6.92 Å². The summed E-state index contributed by atoms with van der Waals surface area (Å²) in [5.41, 5.74) is 0.999. The predicted molar refractivity (Wildman–Crippen MR) is 94.8 cm³/mol. The third-order valence-corrected chi connectivity index (χ3v) is 4.94. The van der Waals surface area contributed by atoms with Gasteiger partial charge in [-0.3, -0.25) is 14.6 Å². The minimum absolute atomic E-state index is 0.181. The lowest BCUT2D eigenvalue weighted by Gasteiger charge is -2.27. The number of aromatic nitrogens is 3. The number of carbonyl (C=O) groups is 1. The molecule has 25 heavy (non-hydrogen) atoms. The lowest BCUT2D eigenvalue weighted by atomic mass is 10.1. The Balaban J connectivity index is 1.71. The zero-order valence-corrected chi connectivity index (χ0v) is 15.1. The number of amides is 1. The predicted octanol–water partition coefficient (Wildman–Crippen LogP) is 0.375. The van der Waals surface area contributed by atoms with Crippen molar-refractivity contribution in [2.24, 2.45) is 12.0 Å². The molecular formula is C16H21N5O3S. The Kier molecular flexibility index (Phi) is 5.44. The number of aromatic amines is 1. The lowest BCUT2D eigenvalue weighted by molar-refractivity contribution is -0.118. The highest BCUT2D eigenvalue weighted by Gasteiger charge is 2.16. The normalized spacial score (nSPS) is 15.6. The van der Waals surface area contributed by atoms with Crippen LogP contribution in [0.1, 0.15) is 17.7 Å². The number of rotatable bonds is 4. The maximum atomic E-state index is 12.4. The minimum Gasteiger partial charge on any atom is -0.378 e. The summed E-state index contributed by atoms with van der Waals surface area (Å²) in [6.07, 6.45) is 2.36. The number of thiazole rings is 1. The number of ether oxygens (including phenoxy) is 1. The van der Waals surface area contributed by atoms with Gasteiger partial charge in [0.2, 0.25) is 11.9 Å². The molecule has 1 aliphatic rings. The molecule has 0 spiro atoms. The highest BCUT2D eigenvalue weighted by Crippen LogP contribution is 2.11. The molecule has 1 fully saturated rings. The van der Waals surface area contributed by atoms with E-state index in [0.717, 1.165) is 0 Å². The number of carbonyl (C=O) groups excluding carboxylic acids is 1. The fraction of sp³-hybridized carbons (Fsp3) is 0.500. The van der Waals surface area contributed by atoms with Crippen molar-refractivity contribution in [3.8, 4) is 0 Å². The SMILES string of the molecule is Cc1nc(N2CCOCC2)[nH]c(=O)c1CCC(=O)N=c1sccn1C. The molecule has 1 amide bonds. The fourth-order valence-corrected chi connectivity index (χ4v) is 3.39. The number of hydrogen-bond acceptors (Lipinski definition) is 6. The van der Waals surface area contributed by atoms with Crippen molar-refractivity contribution in [2.75, 3.05) is 31.2 Å². The largest absolute Gasteiger partial charge is 0.378 e. The summed E-state index contributed by atoms with van der Waals surface area (Å²) < 4.78 is 7.10. The van der Waals surface area contributed by atoms with E-state index in [0.29, 0.717) is 54.7 Å². The first-order chi connectivity index (χ1) is 12.0. The molecule has 0 radical (unpaired) electrons. The number of nitrogens with zero attached hydrogens (tertiary/aromatic N) is 4. The van der Waals surface area contributed by atoms with Gasteiger partial charge in [0.1, 0.15) is 0 Å². The molecule has 2 aromatic rings. The molecule has 1 aliphatic heterocycles. The highest BCUT2D eigenvalue weighted by molar-refractivity contribution is 7.07. The Hall–Kier alpha value is -2.26. The molecule has 1 N–H and O–H groups in total. The molecule has 1 saturated heterocycles. The molecule has 0 unspecified atom stereocenters. The van der Waals surface area contributed by atoms with Gasteiger partial charge in [0.05, 0.1) is 13.2 Å². The average Bonchev–Trinajstić information content (AvgIpc) is 2.99. The quantitative estimate of drug-likeness (QED) is 0.847. The van der Waals surface area contributed by atoms with Crippen molar-refractivity contribution in [3.63, 3.8) is 0 Å². The molecule has 0 bridgehead atoms. The lowest BCUT2D eigenvalue weighted by Crippen LogP contribution is -2.38. The van der Waals surface area contributed by atoms with E-state index in [1.807, 2.05) is 23.5 Å². The number of aryl methyl sites for hydroxylation is 2. The van der Waals surface area contributed by atoms with Crippen molar-refractivity contribution in [1.82, 2.24) is 14.5 Å². The summed E-state index contributed by atoms with van der Waals surface area (Å²) in [6, 6.07) is 0. The summed E-state index contributed by atoms with van der Waals surface area (Å²) in [4.78, 5) is 38.5. The first-order valence-corrected chi connectivity index (χ1v) is 9.03. The van der Waals surface area contributed by atoms with Crippen LogP contribution in [-0.2, 0) is 23.0 Å². The van der Waals surface area contributed by atoms with Crippen LogP contribution < -0.4 is 15.3 Å². The molecule has 0 atom stereocenters. The van der Waals surface area contributed by atoms with Gasteiger partial charge in [0, 0.05) is 49.4 Å². The van der Waals surface area contributed by atoms with Crippen LogP contribution in [-0.4, -0.2) is 46.7 Å². The summed E-state index contributed by atoms with van der Waals surface area (Å²) in [5, 5.41) is 1.87. The number of hydrogen-bond donors (Lipinski definition) is 1. The summed E-state index contributed by atoms with van der Waals surface area (Å²) >= 11 is 1.40. The first-order valence-electron chi connectivity index (χ1n) is 8.15. The highest BCUT2D eigenvalue weighted by atomic mass is 32.1. The van der Waals surface area contributed by atoms with Crippen LogP contribution in [0.4, 0.5) is 5.95 Å². The van der Waals surface area contributed by atoms with Gasteiger partial charge in [-0.1, -0.05) is 0 Å². The molecule has 3 heterocycles. The number of morpholine rings is 1. The van der Waals surface area contributed by atoms with E-state index in [4.69, 9.17) is 4.74 Å². The zero-order valence-electron chi connectivity index (χ0n) is 14.3. The molecular weight excluding hydrogens is 342 g/mol. The van der Waals surface area contributed by atoms with Gasteiger partial charge in [0.25, 0.3) is 5.56 Å². The Morgan fingerprint density at radius 1 is 1.44 bits per heavy atom. The Morgan fingerprint density at radius 2 is 2.20 bits per heavy atom. The monoisotopic (exact) mass is 363 g/mol. The van der Waals surface area contributed by atoms with Gasteiger partial charge >= 0.3 is 0 Å². The van der Waals surface area contributed by atoms with Crippen molar-refractivity contribution in [3.05, 3.63) is 38.0 Å². The van der Waals surface area contributed by atoms with Gasteiger partial charge in [-0.05, 0) is 13.3 Å². The van der Waals surface area contributed by atoms with Crippen LogP contribution in [0.5, 0.6) is 0 Å². The molecule has 8 nitrogen and oxygen atoms in total. The van der Waals surface area contributed by atoms with Crippen LogP contribution in [0.2, 0.25) is 0 Å². The molecule has 3 rings (SSSR count). The fourth-order valence-electron chi connectivity index (χ4n) is 2.64. The maximum absolute atomic E-state index is 12.4. The van der Waals surface area contributed by atoms with Gasteiger partial charge in [-0.15, -0.1) is 11.3 Å². The third kappa shape index (κ3) is 4.23. The van der Waals surface area contributed by atoms with Crippen LogP contribution in [0.15, 0.2) is 21.4 Å². The summed E-state index contributed by atoms with van der Waals surface area (Å²) in [6.45, 7) is 4.46. The first kappa shape index (κ1) is 17.6. The number of H-pyrrole nitrogens is 1. The molecule has 134 valence electrons. The van der Waals surface area contributed by atoms with E-state index >= 15 is 0 Å². The van der Waals surface area contributed by atoms with Gasteiger partial charge in [-0.25, -0.2) is 4.98 Å². The second-order valence-corrected chi connectivity index (χ2v) is 6.73. The van der Waals surface area contributed by atoms with Crippen molar-refractivity contribution in [2.45, 2.75) is 19.8 Å². The molecule has 2 aromatic heterocycles. The molecule has 0 aromatic carbocycles. The summed E-state index contributed by atoms with van der Waals surface area (Å²) in [7, 11) is 1.84. The zero-order chi connectivity index (χ0) is 17.8. The molecule has 0 saturated carbocycles. The summed E-state index contributed by atoms with van der Waals surface area (Å²) in [5.74, 6) is 0.324. The van der Waals surface area contributed by atoms with Crippen molar-refractivity contribution in [1.29, 1.82) is 0 Å². The van der Waals surface area contributed by atoms with Crippen molar-refractivity contribution >= 4 is 23.2 Å². The number of anilines is 1. The van der Waals surface area contributed by atoms with Gasteiger partial charge < -0.3 is 14.2 Å². The van der Waals surface area contributed by atoms with E-state index in [2.05, 4.69) is 15.0 Å². The Morgan fingerprint density at radius 3 is 2.84 bits per heavy atom. The van der Waals surface area contributed by atoms with E-state index in [-0.39, 0.29) is 17.9 Å². The van der Waals surface area contributed by atoms with E-state index < -0.39 is 0 Å². The Labute approximate surface area is 148 Å². The van der Waals surface area contributed by atoms with Gasteiger partial charge in [-0.2, -0.15) is 4.99 Å². The van der Waals surface area contributed by atoms with Gasteiger partial charge in [0.15, 0.2) is 4.80 Å². The second kappa shape index (κ2) is 7.75. The van der Waals surface area contributed by atoms with E-state index in [9.17, 15) is 9.59 Å². The van der Waals surface area contributed by atoms with E-state index in [1.54, 1.807) is 11.5 Å². The van der Waals surface area contributed by atoms with Crippen LogP contribution >= 0.6 is 11.3 Å². The smallest absolute Gasteiger partial charge is 0.255 e. The standard InChI is InChI=1S/C16H21N5O3S/c1-11-12(3-4-13(22)18-16-20(2)7-10-25-16)14(23)19-15(17-11)21-5-8-24-9-6-21/h7,10H,3-6,8-9H2,1-2H3,(H,17,19,23). The minimum atomic E-state index is -0.242. The third-order valence-electron chi connectivity index (χ3n) is 4.09. The Bertz CT molecular complexity index is 876. The van der Waals surface area contributed by atoms with Crippen LogP contribution in [0.3, 0.4) is 0 Å².